The van der Waals surface area contributed by atoms with Crippen LogP contribution in [0.2, 0.25) is 0 Å². The van der Waals surface area contributed by atoms with Gasteiger partial charge in [0, 0.05) is 11.3 Å². The summed E-state index contributed by atoms with van der Waals surface area (Å²) in [6.45, 7) is -0.461. The predicted octanol–water partition coefficient (Wildman–Crippen LogP) is 2.00. The number of thiophene rings is 1. The number of nitrogens with zero attached hydrogens (tertiary/aromatic N) is 2. The number of aromatic nitrogens is 2. The van der Waals surface area contributed by atoms with E-state index in [1.165, 1.54) is 11.3 Å². The summed E-state index contributed by atoms with van der Waals surface area (Å²) in [6.07, 6.45) is -2.15. The van der Waals surface area contributed by atoms with Crippen molar-refractivity contribution in [3.8, 4) is 0 Å². The van der Waals surface area contributed by atoms with E-state index in [0.29, 0.717) is 18.1 Å². The molecule has 2 rings (SSSR count). The number of rotatable bonds is 7. The van der Waals surface area contributed by atoms with Crippen molar-refractivity contribution < 1.29 is 18.0 Å². The fourth-order valence-electron chi connectivity index (χ4n) is 1.42. The maximum absolute atomic E-state index is 11.8. The molecule has 19 heavy (non-hydrogen) atoms. The first-order valence-electron chi connectivity index (χ1n) is 5.64. The first-order valence-corrected chi connectivity index (χ1v) is 6.52. The zero-order valence-corrected chi connectivity index (χ0v) is 10.8. The van der Waals surface area contributed by atoms with Crippen molar-refractivity contribution in [2.24, 2.45) is 5.73 Å². The molecule has 0 amide bonds. The van der Waals surface area contributed by atoms with Crippen LogP contribution in [0.1, 0.15) is 22.6 Å². The summed E-state index contributed by atoms with van der Waals surface area (Å²) < 4.78 is 33.5. The Hall–Kier alpha value is -1.38. The van der Waals surface area contributed by atoms with Crippen molar-refractivity contribution >= 4 is 11.3 Å². The molecule has 2 N–H and O–H groups in total. The lowest BCUT2D eigenvalue weighted by atomic mass is 10.2. The number of ether oxygens (including phenoxy) is 1. The fourth-order valence-corrected chi connectivity index (χ4v) is 2.14. The second-order valence-electron chi connectivity index (χ2n) is 3.76. The van der Waals surface area contributed by atoms with Crippen LogP contribution in [0.3, 0.4) is 0 Å². The highest BCUT2D eigenvalue weighted by Gasteiger charge is 2.17. The van der Waals surface area contributed by atoms with Crippen LogP contribution >= 0.6 is 11.3 Å². The lowest BCUT2D eigenvalue weighted by Crippen LogP contribution is -2.11. The number of alkyl halides is 2. The molecule has 5 nitrogen and oxygen atoms in total. The number of nitrogens with two attached hydrogens (primary N) is 1. The Morgan fingerprint density at radius 1 is 1.47 bits per heavy atom. The van der Waals surface area contributed by atoms with Gasteiger partial charge in [0.2, 0.25) is 5.89 Å². The molecule has 0 aliphatic heterocycles. The molecule has 8 heteroatoms. The zero-order valence-electron chi connectivity index (χ0n) is 9.96. The molecule has 0 saturated carbocycles. The Balaban J connectivity index is 1.85. The van der Waals surface area contributed by atoms with E-state index >= 15 is 0 Å². The molecule has 1 unspecified atom stereocenters. The molecule has 0 aliphatic carbocycles. The molecule has 0 spiro atoms. The predicted molar refractivity (Wildman–Crippen MR) is 65.2 cm³/mol. The molecular formula is C11H13F2N3O2S. The summed E-state index contributed by atoms with van der Waals surface area (Å²) in [5.74, 6) is 0.711. The second-order valence-corrected chi connectivity index (χ2v) is 4.74. The molecule has 2 aromatic rings. The van der Waals surface area contributed by atoms with Crippen molar-refractivity contribution in [3.05, 3.63) is 34.1 Å². The average molecular weight is 289 g/mol. The summed E-state index contributed by atoms with van der Waals surface area (Å²) in [7, 11) is 0. The summed E-state index contributed by atoms with van der Waals surface area (Å²) in [6, 6.07) is 3.31. The monoisotopic (exact) mass is 289 g/mol. The second kappa shape index (κ2) is 6.69. The van der Waals surface area contributed by atoms with Gasteiger partial charge in [0.1, 0.15) is 12.6 Å². The molecule has 0 aliphatic rings. The molecule has 0 bridgehead atoms. The lowest BCUT2D eigenvalue weighted by molar-refractivity contribution is 0.0182. The molecule has 0 aromatic carbocycles. The van der Waals surface area contributed by atoms with Crippen LogP contribution in [-0.2, 0) is 11.2 Å². The number of hydrogen-bond donors (Lipinski definition) is 1. The van der Waals surface area contributed by atoms with Gasteiger partial charge in [-0.1, -0.05) is 11.2 Å². The van der Waals surface area contributed by atoms with E-state index in [-0.39, 0.29) is 6.61 Å². The van der Waals surface area contributed by atoms with Crippen LogP contribution in [0.5, 0.6) is 0 Å². The molecule has 1 atom stereocenters. The van der Waals surface area contributed by atoms with E-state index in [0.717, 1.165) is 4.88 Å². The van der Waals surface area contributed by atoms with E-state index in [1.54, 1.807) is 0 Å². The summed E-state index contributed by atoms with van der Waals surface area (Å²) in [5.41, 5.74) is 5.95. The standard InChI is InChI=1S/C11H13F2N3O2S/c12-8(13)6-17-4-3-9-15-11(18-16-9)10(14)7-2-1-5-19-7/h1-2,5,8,10H,3-4,6,14H2. The van der Waals surface area contributed by atoms with Gasteiger partial charge >= 0.3 is 0 Å². The highest BCUT2D eigenvalue weighted by molar-refractivity contribution is 7.10. The van der Waals surface area contributed by atoms with E-state index in [4.69, 9.17) is 15.0 Å². The largest absolute Gasteiger partial charge is 0.375 e. The Morgan fingerprint density at radius 2 is 2.32 bits per heavy atom. The van der Waals surface area contributed by atoms with E-state index in [9.17, 15) is 8.78 Å². The van der Waals surface area contributed by atoms with Gasteiger partial charge in [-0.05, 0) is 11.4 Å². The highest BCUT2D eigenvalue weighted by atomic mass is 32.1. The summed E-state index contributed by atoms with van der Waals surface area (Å²) in [5, 5.41) is 5.64. The van der Waals surface area contributed by atoms with Crippen molar-refractivity contribution in [2.75, 3.05) is 13.2 Å². The molecule has 2 heterocycles. The van der Waals surface area contributed by atoms with Gasteiger partial charge in [0.25, 0.3) is 6.43 Å². The van der Waals surface area contributed by atoms with Gasteiger partial charge in [0.05, 0.1) is 6.61 Å². The fraction of sp³-hybridized carbons (Fsp3) is 0.455. The lowest BCUT2D eigenvalue weighted by Gasteiger charge is -2.02. The molecule has 104 valence electrons. The number of halogens is 2. The van der Waals surface area contributed by atoms with Gasteiger partial charge in [-0.25, -0.2) is 8.78 Å². The van der Waals surface area contributed by atoms with Crippen LogP contribution < -0.4 is 5.73 Å². The van der Waals surface area contributed by atoms with Crippen LogP contribution in [0.15, 0.2) is 22.0 Å². The van der Waals surface area contributed by atoms with Crippen molar-refractivity contribution in [2.45, 2.75) is 18.9 Å². The summed E-state index contributed by atoms with van der Waals surface area (Å²) in [4.78, 5) is 5.04. The quantitative estimate of drug-likeness (QED) is 0.789. The normalized spacial score (nSPS) is 13.1. The topological polar surface area (TPSA) is 74.2 Å². The Kier molecular flexibility index (Phi) is 4.94. The third-order valence-electron chi connectivity index (χ3n) is 2.31. The Bertz CT molecular complexity index is 490. The SMILES string of the molecule is NC(c1nc(CCOCC(F)F)no1)c1cccs1. The smallest absolute Gasteiger partial charge is 0.261 e. The third-order valence-corrected chi connectivity index (χ3v) is 3.27. The minimum absolute atomic E-state index is 0.123. The number of hydrogen-bond acceptors (Lipinski definition) is 6. The van der Waals surface area contributed by atoms with Crippen molar-refractivity contribution in [3.63, 3.8) is 0 Å². The first kappa shape index (κ1) is 14.0. The maximum Gasteiger partial charge on any atom is 0.261 e. The van der Waals surface area contributed by atoms with Crippen LogP contribution in [0.25, 0.3) is 0 Å². The average Bonchev–Trinajstić information content (AvgIpc) is 3.04. The van der Waals surface area contributed by atoms with Gasteiger partial charge in [-0.3, -0.25) is 0 Å². The van der Waals surface area contributed by atoms with Crippen LogP contribution in [-0.4, -0.2) is 29.8 Å². The highest BCUT2D eigenvalue weighted by Crippen LogP contribution is 2.22. The van der Waals surface area contributed by atoms with Crippen molar-refractivity contribution in [1.29, 1.82) is 0 Å². The van der Waals surface area contributed by atoms with E-state index in [1.807, 2.05) is 17.5 Å². The zero-order chi connectivity index (χ0) is 13.7. The molecule has 0 fully saturated rings. The van der Waals surface area contributed by atoms with Gasteiger partial charge < -0.3 is 15.0 Å². The van der Waals surface area contributed by atoms with Crippen molar-refractivity contribution in [1.82, 2.24) is 10.1 Å². The van der Waals surface area contributed by atoms with Crippen LogP contribution in [0.4, 0.5) is 8.78 Å². The molecule has 2 aromatic heterocycles. The van der Waals surface area contributed by atoms with Gasteiger partial charge in [-0.2, -0.15) is 4.98 Å². The first-order chi connectivity index (χ1) is 9.16. The molecular weight excluding hydrogens is 276 g/mol. The maximum atomic E-state index is 11.8. The molecule has 0 saturated heterocycles. The van der Waals surface area contributed by atoms with Gasteiger partial charge in [0.15, 0.2) is 5.82 Å². The Morgan fingerprint density at radius 3 is 3.00 bits per heavy atom. The van der Waals surface area contributed by atoms with E-state index < -0.39 is 19.1 Å². The minimum Gasteiger partial charge on any atom is -0.375 e. The summed E-state index contributed by atoms with van der Waals surface area (Å²) >= 11 is 1.50. The van der Waals surface area contributed by atoms with Gasteiger partial charge in [-0.15, -0.1) is 11.3 Å². The Labute approximate surface area is 112 Å². The molecule has 0 radical (unpaired) electrons. The minimum atomic E-state index is -2.46. The van der Waals surface area contributed by atoms with Crippen LogP contribution in [0, 0.1) is 0 Å². The third kappa shape index (κ3) is 4.05. The van der Waals surface area contributed by atoms with E-state index in [2.05, 4.69) is 10.1 Å².